The Balaban J connectivity index is 2.67. The Labute approximate surface area is 121 Å². The summed E-state index contributed by atoms with van der Waals surface area (Å²) in [5.41, 5.74) is 5.77. The van der Waals surface area contributed by atoms with Crippen LogP contribution < -0.4 is 16.4 Å². The molecule has 0 saturated carbocycles. The molecule has 0 unspecified atom stereocenters. The predicted molar refractivity (Wildman–Crippen MR) is 78.5 cm³/mol. The molecule has 1 rings (SSSR count). The van der Waals surface area contributed by atoms with E-state index in [0.29, 0.717) is 10.7 Å². The topological polar surface area (TPSA) is 84.2 Å². The predicted octanol–water partition coefficient (Wildman–Crippen LogP) is 1.47. The largest absolute Gasteiger partial charge is 0.346 e. The van der Waals surface area contributed by atoms with E-state index in [1.54, 1.807) is 23.9 Å². The quantitative estimate of drug-likeness (QED) is 0.695. The van der Waals surface area contributed by atoms with E-state index < -0.39 is 0 Å². The number of carbonyl (C=O) groups is 2. The molecule has 104 valence electrons. The molecule has 0 saturated heterocycles. The van der Waals surface area contributed by atoms with E-state index in [2.05, 4.69) is 10.6 Å². The molecule has 0 radical (unpaired) electrons. The molecular formula is C12H16ClN3O2S. The summed E-state index contributed by atoms with van der Waals surface area (Å²) in [5.74, 6) is 0.195. The number of hydrogen-bond donors (Lipinski definition) is 3. The molecule has 0 spiro atoms. The maximum absolute atomic E-state index is 11.7. The van der Waals surface area contributed by atoms with E-state index in [0.717, 1.165) is 10.6 Å². The lowest BCUT2D eigenvalue weighted by molar-refractivity contribution is -0.123. The minimum atomic E-state index is -0.371. The summed E-state index contributed by atoms with van der Waals surface area (Å²) in [5, 5.41) is 5.66. The second-order valence-corrected chi connectivity index (χ2v) is 5.34. The van der Waals surface area contributed by atoms with Gasteiger partial charge in [-0.3, -0.25) is 9.59 Å². The fourth-order valence-electron chi connectivity index (χ4n) is 1.33. The van der Waals surface area contributed by atoms with Crippen LogP contribution in [0.5, 0.6) is 0 Å². The van der Waals surface area contributed by atoms with Gasteiger partial charge in [-0.2, -0.15) is 0 Å². The highest BCUT2D eigenvalue weighted by atomic mass is 35.5. The van der Waals surface area contributed by atoms with E-state index in [1.165, 1.54) is 0 Å². The Morgan fingerprint density at radius 2 is 2.11 bits per heavy atom. The number of halogens is 1. The molecule has 0 atom stereocenters. The van der Waals surface area contributed by atoms with Crippen molar-refractivity contribution >= 4 is 40.9 Å². The van der Waals surface area contributed by atoms with Gasteiger partial charge in [-0.25, -0.2) is 0 Å². The number of nitrogens with one attached hydrogen (secondary N) is 2. The number of nitrogens with two attached hydrogens (primary N) is 1. The van der Waals surface area contributed by atoms with Gasteiger partial charge in [0.25, 0.3) is 0 Å². The maximum Gasteiger partial charge on any atom is 0.243 e. The van der Waals surface area contributed by atoms with Crippen molar-refractivity contribution in [2.75, 3.05) is 24.2 Å². The van der Waals surface area contributed by atoms with Crippen LogP contribution in [-0.4, -0.2) is 30.7 Å². The van der Waals surface area contributed by atoms with Crippen molar-refractivity contribution in [2.24, 2.45) is 5.73 Å². The van der Waals surface area contributed by atoms with Gasteiger partial charge in [0, 0.05) is 9.92 Å². The number of benzene rings is 1. The highest BCUT2D eigenvalue weighted by Gasteiger charge is 2.09. The van der Waals surface area contributed by atoms with Gasteiger partial charge in [0.1, 0.15) is 0 Å². The third kappa shape index (κ3) is 5.50. The zero-order valence-electron chi connectivity index (χ0n) is 10.5. The summed E-state index contributed by atoms with van der Waals surface area (Å²) in [4.78, 5) is 23.6. The van der Waals surface area contributed by atoms with E-state index in [1.807, 2.05) is 13.0 Å². The molecule has 0 aliphatic heterocycles. The Morgan fingerprint density at radius 3 is 2.74 bits per heavy atom. The summed E-state index contributed by atoms with van der Waals surface area (Å²) >= 11 is 7.50. The van der Waals surface area contributed by atoms with Crippen LogP contribution in [0.3, 0.4) is 0 Å². The number of hydrogen-bond acceptors (Lipinski definition) is 4. The van der Waals surface area contributed by atoms with Gasteiger partial charge in [0.2, 0.25) is 11.8 Å². The smallest absolute Gasteiger partial charge is 0.243 e. The fourth-order valence-corrected chi connectivity index (χ4v) is 2.24. The van der Waals surface area contributed by atoms with Gasteiger partial charge in [0.15, 0.2) is 0 Å². The number of amides is 2. The Bertz CT molecular complexity index is 468. The first kappa shape index (κ1) is 15.8. The molecule has 7 heteroatoms. The zero-order valence-corrected chi connectivity index (χ0v) is 12.1. The summed E-state index contributed by atoms with van der Waals surface area (Å²) in [6.07, 6.45) is 0. The first-order chi connectivity index (χ1) is 9.06. The average molecular weight is 302 g/mol. The van der Waals surface area contributed by atoms with Crippen LogP contribution in [0.15, 0.2) is 23.1 Å². The van der Waals surface area contributed by atoms with Crippen molar-refractivity contribution < 1.29 is 9.59 Å². The van der Waals surface area contributed by atoms with E-state index in [-0.39, 0.29) is 24.9 Å². The monoisotopic (exact) mass is 301 g/mol. The van der Waals surface area contributed by atoms with Crippen molar-refractivity contribution in [2.45, 2.75) is 11.8 Å². The molecule has 0 heterocycles. The van der Waals surface area contributed by atoms with Crippen molar-refractivity contribution in [1.82, 2.24) is 5.32 Å². The Morgan fingerprint density at radius 1 is 1.37 bits per heavy atom. The van der Waals surface area contributed by atoms with Crippen molar-refractivity contribution in [3.8, 4) is 0 Å². The highest BCUT2D eigenvalue weighted by Crippen LogP contribution is 2.29. The highest BCUT2D eigenvalue weighted by molar-refractivity contribution is 7.99. The maximum atomic E-state index is 11.7. The average Bonchev–Trinajstić information content (AvgIpc) is 2.39. The van der Waals surface area contributed by atoms with E-state index in [9.17, 15) is 9.59 Å². The van der Waals surface area contributed by atoms with Crippen LogP contribution in [0.4, 0.5) is 5.69 Å². The van der Waals surface area contributed by atoms with Crippen molar-refractivity contribution in [3.63, 3.8) is 0 Å². The van der Waals surface area contributed by atoms with Gasteiger partial charge in [-0.05, 0) is 24.0 Å². The SMILES string of the molecule is CCSc1ccc(Cl)cc1NC(=O)CNC(=O)CN. The molecule has 0 fully saturated rings. The van der Waals surface area contributed by atoms with Gasteiger partial charge in [-0.15, -0.1) is 11.8 Å². The minimum absolute atomic E-state index is 0.112. The van der Waals surface area contributed by atoms with Gasteiger partial charge < -0.3 is 16.4 Å². The standard InChI is InChI=1S/C12H16ClN3O2S/c1-2-19-10-4-3-8(13)5-9(10)16-12(18)7-15-11(17)6-14/h3-5H,2,6-7,14H2,1H3,(H,15,17)(H,16,18). The summed E-state index contributed by atoms with van der Waals surface area (Å²) in [6.45, 7) is 1.77. The van der Waals surface area contributed by atoms with Gasteiger partial charge in [0.05, 0.1) is 18.8 Å². The number of carbonyl (C=O) groups excluding carboxylic acids is 2. The second kappa shape index (κ2) is 8.04. The van der Waals surface area contributed by atoms with Gasteiger partial charge >= 0.3 is 0 Å². The van der Waals surface area contributed by atoms with Crippen LogP contribution in [0, 0.1) is 0 Å². The molecular weight excluding hydrogens is 286 g/mol. The van der Waals surface area contributed by atoms with E-state index in [4.69, 9.17) is 17.3 Å². The van der Waals surface area contributed by atoms with Crippen LogP contribution >= 0.6 is 23.4 Å². The first-order valence-corrected chi connectivity index (χ1v) is 7.12. The number of rotatable bonds is 6. The lowest BCUT2D eigenvalue weighted by atomic mass is 10.3. The zero-order chi connectivity index (χ0) is 14.3. The molecule has 1 aromatic rings. The summed E-state index contributed by atoms with van der Waals surface area (Å²) in [6, 6.07) is 5.30. The lowest BCUT2D eigenvalue weighted by Crippen LogP contribution is -2.36. The van der Waals surface area contributed by atoms with Crippen molar-refractivity contribution in [1.29, 1.82) is 0 Å². The molecule has 0 aliphatic carbocycles. The molecule has 2 amide bonds. The van der Waals surface area contributed by atoms with Gasteiger partial charge in [-0.1, -0.05) is 18.5 Å². The molecule has 0 bridgehead atoms. The summed E-state index contributed by atoms with van der Waals surface area (Å²) < 4.78 is 0. The molecule has 19 heavy (non-hydrogen) atoms. The Hall–Kier alpha value is -1.24. The third-order valence-electron chi connectivity index (χ3n) is 2.15. The van der Waals surface area contributed by atoms with Crippen LogP contribution in [0.1, 0.15) is 6.92 Å². The summed E-state index contributed by atoms with van der Waals surface area (Å²) in [7, 11) is 0. The van der Waals surface area contributed by atoms with Crippen LogP contribution in [0.25, 0.3) is 0 Å². The molecule has 4 N–H and O–H groups in total. The normalized spacial score (nSPS) is 10.1. The lowest BCUT2D eigenvalue weighted by Gasteiger charge is -2.11. The first-order valence-electron chi connectivity index (χ1n) is 5.75. The molecule has 0 aliphatic rings. The van der Waals surface area contributed by atoms with Crippen LogP contribution in [-0.2, 0) is 9.59 Å². The minimum Gasteiger partial charge on any atom is -0.346 e. The molecule has 5 nitrogen and oxygen atoms in total. The number of anilines is 1. The van der Waals surface area contributed by atoms with Crippen LogP contribution in [0.2, 0.25) is 5.02 Å². The fraction of sp³-hybridized carbons (Fsp3) is 0.333. The van der Waals surface area contributed by atoms with Crippen molar-refractivity contribution in [3.05, 3.63) is 23.2 Å². The molecule has 0 aromatic heterocycles. The third-order valence-corrected chi connectivity index (χ3v) is 3.34. The Kier molecular flexibility index (Phi) is 6.69. The second-order valence-electron chi connectivity index (χ2n) is 3.60. The number of thioether (sulfide) groups is 1. The molecule has 1 aromatic carbocycles. The van der Waals surface area contributed by atoms with E-state index >= 15 is 0 Å².